The maximum Gasteiger partial charge on any atom is 0.0478 e. The third-order valence-electron chi connectivity index (χ3n) is 2.06. The molecule has 0 aromatic rings. The molecule has 1 fully saturated rings. The minimum atomic E-state index is 0.403. The van der Waals surface area contributed by atoms with Gasteiger partial charge in [-0.1, -0.05) is 6.92 Å². The summed E-state index contributed by atoms with van der Waals surface area (Å²) in [6.07, 6.45) is 1.16. The first kappa shape index (κ1) is 7.36. The van der Waals surface area contributed by atoms with Gasteiger partial charge in [-0.25, -0.2) is 0 Å². The molecular formula is C7H14ClN. The van der Waals surface area contributed by atoms with Crippen LogP contribution in [0.2, 0.25) is 0 Å². The van der Waals surface area contributed by atoms with Crippen LogP contribution in [0.3, 0.4) is 0 Å². The van der Waals surface area contributed by atoms with Gasteiger partial charge < -0.3 is 0 Å². The lowest BCUT2D eigenvalue weighted by Gasteiger charge is -2.17. The monoisotopic (exact) mass is 147 g/mol. The molecule has 9 heavy (non-hydrogen) atoms. The summed E-state index contributed by atoms with van der Waals surface area (Å²) < 4.78 is 0. The Labute approximate surface area is 62.0 Å². The number of alkyl halides is 1. The molecule has 0 aromatic carbocycles. The highest BCUT2D eigenvalue weighted by atomic mass is 35.5. The Bertz CT molecular complexity index is 94.9. The lowest BCUT2D eigenvalue weighted by molar-refractivity contribution is 0.284. The number of rotatable bonds is 1. The molecule has 2 atom stereocenters. The quantitative estimate of drug-likeness (QED) is 0.511. The summed E-state index contributed by atoms with van der Waals surface area (Å²) in [6, 6.07) is 0.706. The van der Waals surface area contributed by atoms with E-state index in [0.29, 0.717) is 11.4 Å². The van der Waals surface area contributed by atoms with Crippen molar-refractivity contribution >= 4 is 11.6 Å². The van der Waals surface area contributed by atoms with Gasteiger partial charge in [0.25, 0.3) is 0 Å². The minimum Gasteiger partial charge on any atom is -0.299 e. The summed E-state index contributed by atoms with van der Waals surface area (Å²) in [5.41, 5.74) is 0. The van der Waals surface area contributed by atoms with Crippen LogP contribution in [0.1, 0.15) is 20.3 Å². The molecule has 0 amide bonds. The number of nitrogens with zero attached hydrogens (tertiary/aromatic N) is 1. The van der Waals surface area contributed by atoms with Crippen LogP contribution in [0, 0.1) is 0 Å². The van der Waals surface area contributed by atoms with Gasteiger partial charge in [-0.3, -0.25) is 4.90 Å². The SMILES string of the molecule is CCN1CC(Cl)CC1C. The van der Waals surface area contributed by atoms with Crippen molar-refractivity contribution in [1.29, 1.82) is 0 Å². The van der Waals surface area contributed by atoms with E-state index in [9.17, 15) is 0 Å². The average Bonchev–Trinajstić information content (AvgIpc) is 2.10. The van der Waals surface area contributed by atoms with Crippen LogP contribution in [-0.4, -0.2) is 29.4 Å². The third kappa shape index (κ3) is 1.59. The van der Waals surface area contributed by atoms with E-state index in [-0.39, 0.29) is 0 Å². The molecule has 0 saturated carbocycles. The maximum atomic E-state index is 5.94. The number of hydrogen-bond acceptors (Lipinski definition) is 1. The van der Waals surface area contributed by atoms with Crippen molar-refractivity contribution in [2.45, 2.75) is 31.7 Å². The standard InChI is InChI=1S/C7H14ClN/c1-3-9-5-7(8)4-6(9)2/h6-7H,3-5H2,1-2H3. The largest absolute Gasteiger partial charge is 0.299 e. The van der Waals surface area contributed by atoms with E-state index in [1.807, 2.05) is 0 Å². The van der Waals surface area contributed by atoms with E-state index >= 15 is 0 Å². The summed E-state index contributed by atoms with van der Waals surface area (Å²) in [5.74, 6) is 0. The molecule has 1 rings (SSSR count). The summed E-state index contributed by atoms with van der Waals surface area (Å²) in [6.45, 7) is 6.65. The second-order valence-electron chi connectivity index (χ2n) is 2.77. The fourth-order valence-electron chi connectivity index (χ4n) is 1.47. The van der Waals surface area contributed by atoms with Crippen molar-refractivity contribution in [3.8, 4) is 0 Å². The highest BCUT2D eigenvalue weighted by Crippen LogP contribution is 2.20. The van der Waals surface area contributed by atoms with E-state index in [1.54, 1.807) is 0 Å². The van der Waals surface area contributed by atoms with Crippen molar-refractivity contribution < 1.29 is 0 Å². The molecule has 2 heteroatoms. The molecular weight excluding hydrogens is 134 g/mol. The van der Waals surface area contributed by atoms with Gasteiger partial charge in [0.15, 0.2) is 0 Å². The zero-order valence-electron chi connectivity index (χ0n) is 6.10. The Morgan fingerprint density at radius 3 is 2.56 bits per heavy atom. The molecule has 0 aliphatic carbocycles. The van der Waals surface area contributed by atoms with Crippen molar-refractivity contribution in [2.75, 3.05) is 13.1 Å². The number of hydrogen-bond donors (Lipinski definition) is 0. The molecule has 0 spiro atoms. The van der Waals surface area contributed by atoms with Gasteiger partial charge in [0.05, 0.1) is 0 Å². The van der Waals surface area contributed by atoms with Crippen molar-refractivity contribution in [3.63, 3.8) is 0 Å². The van der Waals surface area contributed by atoms with Gasteiger partial charge in [-0.05, 0) is 19.9 Å². The van der Waals surface area contributed by atoms with Gasteiger partial charge in [0.2, 0.25) is 0 Å². The second kappa shape index (κ2) is 2.89. The van der Waals surface area contributed by atoms with Crippen LogP contribution in [0.5, 0.6) is 0 Å². The van der Waals surface area contributed by atoms with E-state index in [0.717, 1.165) is 19.5 Å². The molecule has 1 saturated heterocycles. The van der Waals surface area contributed by atoms with Crippen LogP contribution in [0.4, 0.5) is 0 Å². The van der Waals surface area contributed by atoms with E-state index in [4.69, 9.17) is 11.6 Å². The molecule has 1 heterocycles. The number of likely N-dealkylation sites (tertiary alicyclic amines) is 1. The Balaban J connectivity index is 2.38. The molecule has 1 aliphatic rings. The van der Waals surface area contributed by atoms with E-state index in [2.05, 4.69) is 18.7 Å². The fourth-order valence-corrected chi connectivity index (χ4v) is 1.90. The summed E-state index contributed by atoms with van der Waals surface area (Å²) in [5, 5.41) is 0.403. The Morgan fingerprint density at radius 1 is 1.67 bits per heavy atom. The van der Waals surface area contributed by atoms with E-state index in [1.165, 1.54) is 0 Å². The van der Waals surface area contributed by atoms with Gasteiger partial charge in [0, 0.05) is 18.0 Å². The average molecular weight is 148 g/mol. The topological polar surface area (TPSA) is 3.24 Å². The lowest BCUT2D eigenvalue weighted by atomic mass is 10.2. The molecule has 0 aromatic heterocycles. The summed E-state index contributed by atoms with van der Waals surface area (Å²) in [4.78, 5) is 2.41. The van der Waals surface area contributed by atoms with Gasteiger partial charge in [0.1, 0.15) is 0 Å². The van der Waals surface area contributed by atoms with Crippen LogP contribution < -0.4 is 0 Å². The molecule has 0 radical (unpaired) electrons. The Morgan fingerprint density at radius 2 is 2.33 bits per heavy atom. The second-order valence-corrected chi connectivity index (χ2v) is 3.39. The van der Waals surface area contributed by atoms with Crippen molar-refractivity contribution in [1.82, 2.24) is 4.90 Å². The van der Waals surface area contributed by atoms with Gasteiger partial charge in [-0.2, -0.15) is 0 Å². The fraction of sp³-hybridized carbons (Fsp3) is 1.00. The molecule has 54 valence electrons. The Kier molecular flexibility index (Phi) is 2.36. The van der Waals surface area contributed by atoms with Crippen LogP contribution in [-0.2, 0) is 0 Å². The first-order chi connectivity index (χ1) is 4.24. The minimum absolute atomic E-state index is 0.403. The predicted octanol–water partition coefficient (Wildman–Crippen LogP) is 1.71. The summed E-state index contributed by atoms with van der Waals surface area (Å²) in [7, 11) is 0. The predicted molar refractivity (Wildman–Crippen MR) is 41.0 cm³/mol. The first-order valence-corrected chi connectivity index (χ1v) is 4.05. The van der Waals surface area contributed by atoms with Crippen LogP contribution in [0.25, 0.3) is 0 Å². The number of halogens is 1. The van der Waals surface area contributed by atoms with E-state index < -0.39 is 0 Å². The van der Waals surface area contributed by atoms with Crippen LogP contribution in [0.15, 0.2) is 0 Å². The molecule has 1 nitrogen and oxygen atoms in total. The first-order valence-electron chi connectivity index (χ1n) is 3.62. The smallest absolute Gasteiger partial charge is 0.0478 e. The van der Waals surface area contributed by atoms with Crippen LogP contribution >= 0.6 is 11.6 Å². The lowest BCUT2D eigenvalue weighted by Crippen LogP contribution is -2.26. The molecule has 0 N–H and O–H groups in total. The summed E-state index contributed by atoms with van der Waals surface area (Å²) >= 11 is 5.94. The molecule has 0 bridgehead atoms. The highest BCUT2D eigenvalue weighted by molar-refractivity contribution is 6.21. The maximum absolute atomic E-state index is 5.94. The van der Waals surface area contributed by atoms with Gasteiger partial charge in [-0.15, -0.1) is 11.6 Å². The third-order valence-corrected chi connectivity index (χ3v) is 2.38. The molecule has 2 unspecified atom stereocenters. The highest BCUT2D eigenvalue weighted by Gasteiger charge is 2.25. The van der Waals surface area contributed by atoms with Crippen molar-refractivity contribution in [2.24, 2.45) is 0 Å². The molecule has 1 aliphatic heterocycles. The zero-order chi connectivity index (χ0) is 6.85. The van der Waals surface area contributed by atoms with Gasteiger partial charge >= 0.3 is 0 Å². The Hall–Kier alpha value is 0.250. The normalized spacial score (nSPS) is 37.7. The van der Waals surface area contributed by atoms with Crippen molar-refractivity contribution in [3.05, 3.63) is 0 Å². The zero-order valence-corrected chi connectivity index (χ0v) is 6.86.